The topological polar surface area (TPSA) is 126 Å². The molecule has 2 N–H and O–H groups in total. The van der Waals surface area contributed by atoms with E-state index in [0.717, 1.165) is 0 Å². The van der Waals surface area contributed by atoms with Crippen LogP contribution in [-0.4, -0.2) is 36.1 Å². The first-order chi connectivity index (χ1) is 12.8. The summed E-state index contributed by atoms with van der Waals surface area (Å²) in [5.74, 6) is -2.09. The second-order valence-corrected chi connectivity index (χ2v) is 7.46. The van der Waals surface area contributed by atoms with Crippen molar-refractivity contribution >= 4 is 27.5 Å². The van der Waals surface area contributed by atoms with E-state index in [0.29, 0.717) is 29.1 Å². The molecule has 27 heavy (non-hydrogen) atoms. The second kappa shape index (κ2) is 5.90. The van der Waals surface area contributed by atoms with Crippen molar-refractivity contribution in [3.05, 3.63) is 53.1 Å². The van der Waals surface area contributed by atoms with Crippen molar-refractivity contribution < 1.29 is 17.2 Å². The summed E-state index contributed by atoms with van der Waals surface area (Å²) in [4.78, 5) is 11.8. The van der Waals surface area contributed by atoms with Crippen molar-refractivity contribution in [1.82, 2.24) is 9.55 Å². The van der Waals surface area contributed by atoms with E-state index in [1.54, 1.807) is 6.08 Å². The summed E-state index contributed by atoms with van der Waals surface area (Å²) >= 11 is 0. The molecule has 0 aliphatic carbocycles. The van der Waals surface area contributed by atoms with E-state index < -0.39 is 32.7 Å². The minimum atomic E-state index is -4.23. The third-order valence-corrected chi connectivity index (χ3v) is 5.09. The van der Waals surface area contributed by atoms with E-state index >= 15 is 0 Å². The molecule has 11 heteroatoms. The number of nitrogens with two attached hydrogens (primary N) is 1. The van der Waals surface area contributed by atoms with Crippen LogP contribution in [0, 0.1) is 23.0 Å². The lowest BCUT2D eigenvalue weighted by molar-refractivity contribution is 0.534. The first kappa shape index (κ1) is 17.2. The largest absolute Gasteiger partial charge is 0.325 e. The summed E-state index contributed by atoms with van der Waals surface area (Å²) in [5, 5.41) is 13.9. The van der Waals surface area contributed by atoms with Gasteiger partial charge in [-0.15, -0.1) is 0 Å². The van der Waals surface area contributed by atoms with Gasteiger partial charge >= 0.3 is 0 Å². The van der Waals surface area contributed by atoms with Crippen LogP contribution in [0.2, 0.25) is 0 Å². The standard InChI is InChI=1S/C16H10F2N6O2S/c17-12-2-9(27(20,25)26)3-13(18)11(12)6-24-7-22-14-5-21-16-10(15(14)24)1-8(4-19)23-16/h1-3,5,7,16H,6H2,(H2,20,25,26). The fourth-order valence-corrected chi connectivity index (χ4v) is 3.49. The van der Waals surface area contributed by atoms with Crippen LogP contribution < -0.4 is 5.14 Å². The molecule has 0 bridgehead atoms. The SMILES string of the molecule is N#CC1=NC2N=Cc3ncn(Cc4c(F)cc(S(N)(=O)=O)cc4F)c3C2=C1. The molecule has 1 aromatic heterocycles. The molecular weight excluding hydrogens is 378 g/mol. The van der Waals surface area contributed by atoms with Gasteiger partial charge in [-0.3, -0.25) is 4.99 Å². The van der Waals surface area contributed by atoms with Gasteiger partial charge < -0.3 is 4.57 Å². The van der Waals surface area contributed by atoms with E-state index in [9.17, 15) is 17.2 Å². The molecule has 2 aliphatic rings. The van der Waals surface area contributed by atoms with E-state index in [2.05, 4.69) is 15.0 Å². The Labute approximate surface area is 152 Å². The molecule has 2 aromatic rings. The summed E-state index contributed by atoms with van der Waals surface area (Å²) < 4.78 is 52.8. The van der Waals surface area contributed by atoms with Gasteiger partial charge in [0.15, 0.2) is 6.17 Å². The number of primary sulfonamides is 1. The van der Waals surface area contributed by atoms with Crippen LogP contribution in [0.15, 0.2) is 39.4 Å². The van der Waals surface area contributed by atoms with Crippen LogP contribution in [0.3, 0.4) is 0 Å². The van der Waals surface area contributed by atoms with Crippen molar-refractivity contribution in [2.45, 2.75) is 17.6 Å². The molecule has 8 nitrogen and oxygen atoms in total. The molecule has 1 atom stereocenters. The van der Waals surface area contributed by atoms with Crippen LogP contribution in [0.5, 0.6) is 0 Å². The van der Waals surface area contributed by atoms with E-state index in [1.807, 2.05) is 6.07 Å². The number of rotatable bonds is 3. The van der Waals surface area contributed by atoms with Gasteiger partial charge in [-0.1, -0.05) is 0 Å². The number of benzene rings is 1. The molecule has 0 saturated heterocycles. The normalized spacial score (nSPS) is 17.8. The number of aliphatic imine (C=N–C) groups is 2. The number of allylic oxidation sites excluding steroid dienone is 1. The third kappa shape index (κ3) is 2.84. The molecule has 0 fully saturated rings. The van der Waals surface area contributed by atoms with Crippen molar-refractivity contribution in [2.24, 2.45) is 15.1 Å². The minimum absolute atomic E-state index is 0.197. The van der Waals surface area contributed by atoms with Gasteiger partial charge in [-0.25, -0.2) is 32.3 Å². The van der Waals surface area contributed by atoms with Crippen LogP contribution in [0.25, 0.3) is 5.57 Å². The third-order valence-electron chi connectivity index (χ3n) is 4.20. The zero-order valence-corrected chi connectivity index (χ0v) is 14.3. The lowest BCUT2D eigenvalue weighted by Crippen LogP contribution is -2.16. The summed E-state index contributed by atoms with van der Waals surface area (Å²) in [6, 6.07) is 3.28. The number of fused-ring (bicyclic) bond motifs is 3. The average molecular weight is 388 g/mol. The Morgan fingerprint density at radius 3 is 2.63 bits per heavy atom. The minimum Gasteiger partial charge on any atom is -0.325 e. The quantitative estimate of drug-likeness (QED) is 0.841. The molecule has 0 amide bonds. The molecule has 1 unspecified atom stereocenters. The Morgan fingerprint density at radius 1 is 1.30 bits per heavy atom. The van der Waals surface area contributed by atoms with Gasteiger partial charge in [-0.05, 0) is 18.2 Å². The number of aromatic nitrogens is 2. The van der Waals surface area contributed by atoms with Gasteiger partial charge in [0.1, 0.15) is 29.1 Å². The molecule has 3 heterocycles. The fourth-order valence-electron chi connectivity index (χ4n) is 2.96. The zero-order valence-electron chi connectivity index (χ0n) is 13.5. The first-order valence-electron chi connectivity index (χ1n) is 7.57. The van der Waals surface area contributed by atoms with Gasteiger partial charge in [0, 0.05) is 11.1 Å². The van der Waals surface area contributed by atoms with E-state index in [4.69, 9.17) is 10.4 Å². The van der Waals surface area contributed by atoms with E-state index in [1.165, 1.54) is 17.1 Å². The predicted octanol–water partition coefficient (Wildman–Crippen LogP) is 0.977. The van der Waals surface area contributed by atoms with Crippen LogP contribution in [0.4, 0.5) is 8.78 Å². The fraction of sp³-hybridized carbons (Fsp3) is 0.125. The van der Waals surface area contributed by atoms with E-state index in [-0.39, 0.29) is 17.8 Å². The number of imidazole rings is 1. The van der Waals surface area contributed by atoms with Crippen molar-refractivity contribution in [2.75, 3.05) is 0 Å². The maximum atomic E-state index is 14.3. The van der Waals surface area contributed by atoms with Crippen LogP contribution in [-0.2, 0) is 16.6 Å². The van der Waals surface area contributed by atoms with Gasteiger partial charge in [-0.2, -0.15) is 5.26 Å². The second-order valence-electron chi connectivity index (χ2n) is 5.89. The first-order valence-corrected chi connectivity index (χ1v) is 9.11. The Morgan fingerprint density at radius 2 is 2.00 bits per heavy atom. The molecule has 136 valence electrons. The Balaban J connectivity index is 1.77. The number of hydrogen-bond acceptors (Lipinski definition) is 6. The summed E-state index contributed by atoms with van der Waals surface area (Å²) in [7, 11) is -4.23. The van der Waals surface area contributed by atoms with Gasteiger partial charge in [0.2, 0.25) is 10.0 Å². The van der Waals surface area contributed by atoms with Crippen molar-refractivity contribution in [3.63, 3.8) is 0 Å². The number of hydrogen-bond donors (Lipinski definition) is 1. The maximum absolute atomic E-state index is 14.3. The number of nitriles is 1. The molecule has 1 aromatic carbocycles. The highest BCUT2D eigenvalue weighted by atomic mass is 32.2. The predicted molar refractivity (Wildman–Crippen MR) is 91.5 cm³/mol. The zero-order chi connectivity index (χ0) is 19.3. The van der Waals surface area contributed by atoms with Crippen molar-refractivity contribution in [1.29, 1.82) is 5.26 Å². The highest BCUT2D eigenvalue weighted by Gasteiger charge is 2.30. The lowest BCUT2D eigenvalue weighted by atomic mass is 10.1. The molecule has 0 spiro atoms. The molecule has 4 rings (SSSR count). The lowest BCUT2D eigenvalue weighted by Gasteiger charge is -2.17. The monoisotopic (exact) mass is 388 g/mol. The number of sulfonamides is 1. The number of halogens is 2. The molecule has 0 radical (unpaired) electrons. The highest BCUT2D eigenvalue weighted by Crippen LogP contribution is 2.32. The molecular formula is C16H10F2N6O2S. The number of nitrogens with zero attached hydrogens (tertiary/aromatic N) is 5. The summed E-state index contributed by atoms with van der Waals surface area (Å²) in [6.45, 7) is -0.245. The Kier molecular flexibility index (Phi) is 3.76. The van der Waals surface area contributed by atoms with Gasteiger partial charge in [0.05, 0.1) is 29.7 Å². The van der Waals surface area contributed by atoms with Crippen LogP contribution in [0.1, 0.15) is 17.0 Å². The smallest absolute Gasteiger partial charge is 0.238 e. The Hall–Kier alpha value is -3.23. The molecule has 0 saturated carbocycles. The summed E-state index contributed by atoms with van der Waals surface area (Å²) in [6.07, 6.45) is 3.82. The summed E-state index contributed by atoms with van der Waals surface area (Å²) in [5.41, 5.74) is 1.47. The highest BCUT2D eigenvalue weighted by molar-refractivity contribution is 7.89. The molecule has 2 aliphatic heterocycles. The average Bonchev–Trinajstić information content (AvgIpc) is 3.20. The van der Waals surface area contributed by atoms with Crippen LogP contribution >= 0.6 is 0 Å². The van der Waals surface area contributed by atoms with Crippen molar-refractivity contribution in [3.8, 4) is 6.07 Å². The van der Waals surface area contributed by atoms with Gasteiger partial charge in [0.25, 0.3) is 0 Å². The maximum Gasteiger partial charge on any atom is 0.238 e. The Bertz CT molecular complexity index is 1200.